The predicted molar refractivity (Wildman–Crippen MR) is 125 cm³/mol. The SMILES string of the molecule is CCOC(=O)C1CCN(C(=NCC(=O)N(C)C)NCCc2ccccc2)CC1.I. The van der Waals surface area contributed by atoms with Crippen molar-refractivity contribution in [3.63, 3.8) is 0 Å². The molecule has 0 unspecified atom stereocenters. The third-order valence-corrected chi connectivity index (χ3v) is 4.82. The average molecular weight is 516 g/mol. The maximum Gasteiger partial charge on any atom is 0.309 e. The second-order valence-electron chi connectivity index (χ2n) is 7.10. The molecule has 0 radical (unpaired) electrons. The summed E-state index contributed by atoms with van der Waals surface area (Å²) in [6.45, 7) is 4.53. The highest BCUT2D eigenvalue weighted by molar-refractivity contribution is 14.0. The number of piperidine rings is 1. The van der Waals surface area contributed by atoms with Crippen LogP contribution in [0.5, 0.6) is 0 Å². The van der Waals surface area contributed by atoms with Crippen molar-refractivity contribution in [2.75, 3.05) is 46.9 Å². The van der Waals surface area contributed by atoms with Gasteiger partial charge in [-0.1, -0.05) is 30.3 Å². The van der Waals surface area contributed by atoms with E-state index in [0.717, 1.165) is 44.9 Å². The fourth-order valence-corrected chi connectivity index (χ4v) is 3.10. The zero-order chi connectivity index (χ0) is 20.4. The third kappa shape index (κ3) is 8.59. The summed E-state index contributed by atoms with van der Waals surface area (Å²) in [6.07, 6.45) is 2.35. The first kappa shape index (κ1) is 25.2. The Morgan fingerprint density at radius 1 is 1.21 bits per heavy atom. The number of hydrogen-bond donors (Lipinski definition) is 1. The van der Waals surface area contributed by atoms with E-state index in [4.69, 9.17) is 4.74 Å². The number of likely N-dealkylation sites (N-methyl/N-ethyl adjacent to an activating group) is 1. The summed E-state index contributed by atoms with van der Waals surface area (Å²) in [5, 5.41) is 3.39. The number of ether oxygens (including phenoxy) is 1. The third-order valence-electron chi connectivity index (χ3n) is 4.82. The monoisotopic (exact) mass is 516 g/mol. The van der Waals surface area contributed by atoms with Gasteiger partial charge in [0.25, 0.3) is 0 Å². The molecule has 1 N–H and O–H groups in total. The number of benzene rings is 1. The van der Waals surface area contributed by atoms with Crippen LogP contribution in [0.1, 0.15) is 25.3 Å². The first-order chi connectivity index (χ1) is 13.5. The molecule has 1 aliphatic heterocycles. The van der Waals surface area contributed by atoms with Crippen LogP contribution >= 0.6 is 24.0 Å². The van der Waals surface area contributed by atoms with Gasteiger partial charge >= 0.3 is 5.97 Å². The molecule has 0 spiro atoms. The molecule has 2 rings (SSSR count). The van der Waals surface area contributed by atoms with Crippen molar-refractivity contribution < 1.29 is 14.3 Å². The molecule has 0 saturated carbocycles. The van der Waals surface area contributed by atoms with Crippen molar-refractivity contribution in [2.24, 2.45) is 10.9 Å². The molecule has 1 heterocycles. The van der Waals surface area contributed by atoms with Gasteiger partial charge in [-0.3, -0.25) is 9.59 Å². The van der Waals surface area contributed by atoms with E-state index < -0.39 is 0 Å². The second-order valence-corrected chi connectivity index (χ2v) is 7.10. The van der Waals surface area contributed by atoms with Crippen LogP contribution in [0.25, 0.3) is 0 Å². The summed E-state index contributed by atoms with van der Waals surface area (Å²) in [7, 11) is 3.45. The fourth-order valence-electron chi connectivity index (χ4n) is 3.10. The van der Waals surface area contributed by atoms with Crippen molar-refractivity contribution in [3.8, 4) is 0 Å². The summed E-state index contributed by atoms with van der Waals surface area (Å²) >= 11 is 0. The van der Waals surface area contributed by atoms with E-state index >= 15 is 0 Å². The summed E-state index contributed by atoms with van der Waals surface area (Å²) in [5.74, 6) is 0.530. The molecule has 1 aliphatic rings. The van der Waals surface area contributed by atoms with Crippen LogP contribution < -0.4 is 5.32 Å². The number of esters is 1. The highest BCUT2D eigenvalue weighted by Crippen LogP contribution is 2.18. The van der Waals surface area contributed by atoms with Gasteiger partial charge < -0.3 is 19.9 Å². The first-order valence-corrected chi connectivity index (χ1v) is 9.95. The Bertz CT molecular complexity index is 659. The Balaban J connectivity index is 0.00000420. The summed E-state index contributed by atoms with van der Waals surface area (Å²) in [6, 6.07) is 10.3. The van der Waals surface area contributed by atoms with E-state index in [9.17, 15) is 9.59 Å². The summed E-state index contributed by atoms with van der Waals surface area (Å²) in [5.41, 5.74) is 1.25. The molecule has 0 aliphatic carbocycles. The van der Waals surface area contributed by atoms with Crippen molar-refractivity contribution >= 4 is 41.8 Å². The lowest BCUT2D eigenvalue weighted by atomic mass is 9.97. The van der Waals surface area contributed by atoms with Gasteiger partial charge in [0.15, 0.2) is 5.96 Å². The molecular weight excluding hydrogens is 483 g/mol. The minimum Gasteiger partial charge on any atom is -0.466 e. The second kappa shape index (κ2) is 13.4. The van der Waals surface area contributed by atoms with Crippen LogP contribution in [-0.4, -0.2) is 74.5 Å². The number of carbonyl (C=O) groups is 2. The average Bonchev–Trinajstić information content (AvgIpc) is 2.71. The minimum absolute atomic E-state index is 0. The van der Waals surface area contributed by atoms with Crippen LogP contribution in [-0.2, 0) is 20.7 Å². The van der Waals surface area contributed by atoms with Crippen molar-refractivity contribution in [3.05, 3.63) is 35.9 Å². The molecule has 1 saturated heterocycles. The smallest absolute Gasteiger partial charge is 0.309 e. The first-order valence-electron chi connectivity index (χ1n) is 9.95. The van der Waals surface area contributed by atoms with Crippen LogP contribution in [0, 0.1) is 5.92 Å². The van der Waals surface area contributed by atoms with E-state index in [0.29, 0.717) is 6.61 Å². The normalized spacial score (nSPS) is 14.7. The van der Waals surface area contributed by atoms with Crippen molar-refractivity contribution in [2.45, 2.75) is 26.2 Å². The van der Waals surface area contributed by atoms with E-state index in [2.05, 4.69) is 27.3 Å². The van der Waals surface area contributed by atoms with Crippen LogP contribution in [0.4, 0.5) is 0 Å². The molecule has 1 amide bonds. The number of hydrogen-bond acceptors (Lipinski definition) is 4. The molecule has 1 aromatic rings. The molecular formula is C21H33IN4O3. The highest BCUT2D eigenvalue weighted by Gasteiger charge is 2.27. The lowest BCUT2D eigenvalue weighted by molar-refractivity contribution is -0.149. The lowest BCUT2D eigenvalue weighted by Crippen LogP contribution is -2.47. The lowest BCUT2D eigenvalue weighted by Gasteiger charge is -2.33. The van der Waals surface area contributed by atoms with Crippen LogP contribution in [0.2, 0.25) is 0 Å². The number of aliphatic imine (C=N–C) groups is 1. The van der Waals surface area contributed by atoms with Crippen molar-refractivity contribution in [1.82, 2.24) is 15.1 Å². The number of likely N-dealkylation sites (tertiary alicyclic amines) is 1. The maximum atomic E-state index is 12.0. The number of guanidine groups is 1. The van der Waals surface area contributed by atoms with Gasteiger partial charge in [-0.2, -0.15) is 0 Å². The standard InChI is InChI=1S/C21H32N4O3.HI/c1-4-28-20(27)18-11-14-25(15-12-18)21(23-16-19(26)24(2)3)22-13-10-17-8-6-5-7-9-17;/h5-9,18H,4,10-16H2,1-3H3,(H,22,23);1H. The fraction of sp³-hybridized carbons (Fsp3) is 0.571. The largest absolute Gasteiger partial charge is 0.466 e. The van der Waals surface area contributed by atoms with E-state index in [-0.39, 0.29) is 48.3 Å². The van der Waals surface area contributed by atoms with Gasteiger partial charge in [0.2, 0.25) is 5.91 Å². The Labute approximate surface area is 190 Å². The molecule has 8 heteroatoms. The molecule has 7 nitrogen and oxygen atoms in total. The van der Waals surface area contributed by atoms with Gasteiger partial charge in [0.1, 0.15) is 6.54 Å². The maximum absolute atomic E-state index is 12.0. The molecule has 162 valence electrons. The quantitative estimate of drug-likeness (QED) is 0.260. The number of carbonyl (C=O) groups excluding carboxylic acids is 2. The molecule has 0 aromatic heterocycles. The Morgan fingerprint density at radius 3 is 2.45 bits per heavy atom. The summed E-state index contributed by atoms with van der Waals surface area (Å²) < 4.78 is 5.14. The zero-order valence-electron chi connectivity index (χ0n) is 17.6. The number of nitrogens with zero attached hydrogens (tertiary/aromatic N) is 3. The Morgan fingerprint density at radius 2 is 1.86 bits per heavy atom. The number of halogens is 1. The number of nitrogens with one attached hydrogen (secondary N) is 1. The predicted octanol–water partition coefficient (Wildman–Crippen LogP) is 2.16. The highest BCUT2D eigenvalue weighted by atomic mass is 127. The zero-order valence-corrected chi connectivity index (χ0v) is 19.9. The molecule has 1 fully saturated rings. The van der Waals surface area contributed by atoms with Gasteiger partial charge in [-0.25, -0.2) is 4.99 Å². The topological polar surface area (TPSA) is 74.2 Å². The van der Waals surface area contributed by atoms with Gasteiger partial charge in [-0.05, 0) is 31.7 Å². The summed E-state index contributed by atoms with van der Waals surface area (Å²) in [4.78, 5) is 32.1. The van der Waals surface area contributed by atoms with Crippen molar-refractivity contribution in [1.29, 1.82) is 0 Å². The molecule has 1 aromatic carbocycles. The number of rotatable bonds is 7. The van der Waals surface area contributed by atoms with E-state index in [1.165, 1.54) is 10.5 Å². The van der Waals surface area contributed by atoms with Crippen LogP contribution in [0.3, 0.4) is 0 Å². The Hall–Kier alpha value is -1.84. The number of amides is 1. The molecule has 29 heavy (non-hydrogen) atoms. The Kier molecular flexibility index (Phi) is 11.6. The van der Waals surface area contributed by atoms with Gasteiger partial charge in [-0.15, -0.1) is 24.0 Å². The molecule has 0 atom stereocenters. The van der Waals surface area contributed by atoms with Gasteiger partial charge in [0, 0.05) is 33.7 Å². The van der Waals surface area contributed by atoms with E-state index in [1.807, 2.05) is 25.1 Å². The van der Waals surface area contributed by atoms with Gasteiger partial charge in [0.05, 0.1) is 12.5 Å². The minimum atomic E-state index is -0.111. The van der Waals surface area contributed by atoms with E-state index in [1.54, 1.807) is 14.1 Å². The molecule has 0 bridgehead atoms. The van der Waals surface area contributed by atoms with Crippen LogP contribution in [0.15, 0.2) is 35.3 Å².